The number of aryl methyl sites for hydroxylation is 1. The van der Waals surface area contributed by atoms with E-state index in [1.807, 2.05) is 0 Å². The molecular formula is C18H12ClF3N8O. The molecule has 0 saturated heterocycles. The van der Waals surface area contributed by atoms with Crippen LogP contribution in [0.15, 0.2) is 49.3 Å². The molecule has 4 aromatic heterocycles. The number of hydrogen-bond acceptors (Lipinski definition) is 6. The van der Waals surface area contributed by atoms with Crippen LogP contribution >= 0.6 is 11.6 Å². The maximum absolute atomic E-state index is 13.8. The summed E-state index contributed by atoms with van der Waals surface area (Å²) in [6, 6.07) is 2.80. The maximum Gasteiger partial charge on any atom is 0.434 e. The first-order valence-electron chi connectivity index (χ1n) is 8.65. The van der Waals surface area contributed by atoms with Gasteiger partial charge >= 0.3 is 6.18 Å². The van der Waals surface area contributed by atoms with Gasteiger partial charge in [0.05, 0.1) is 52.9 Å². The predicted molar refractivity (Wildman–Crippen MR) is 103 cm³/mol. The van der Waals surface area contributed by atoms with Crippen LogP contribution in [0.3, 0.4) is 0 Å². The van der Waals surface area contributed by atoms with Crippen LogP contribution in [0.1, 0.15) is 21.6 Å². The summed E-state index contributed by atoms with van der Waals surface area (Å²) in [6.07, 6.45) is 2.79. The van der Waals surface area contributed by atoms with Gasteiger partial charge in [0.25, 0.3) is 5.91 Å². The molecule has 1 N–H and O–H groups in total. The largest absolute Gasteiger partial charge is 0.434 e. The van der Waals surface area contributed by atoms with E-state index in [1.54, 1.807) is 6.92 Å². The first-order chi connectivity index (χ1) is 14.7. The first kappa shape index (κ1) is 20.5. The molecule has 0 atom stereocenters. The zero-order valence-corrected chi connectivity index (χ0v) is 16.4. The topological polar surface area (TPSA) is 103 Å². The Morgan fingerprint density at radius 1 is 1.06 bits per heavy atom. The third kappa shape index (κ3) is 4.10. The van der Waals surface area contributed by atoms with Gasteiger partial charge in [0, 0.05) is 6.20 Å². The molecule has 0 spiro atoms. The molecule has 158 valence electrons. The van der Waals surface area contributed by atoms with Gasteiger partial charge < -0.3 is 5.32 Å². The number of nitrogens with one attached hydrogen (secondary N) is 1. The number of nitrogens with zero attached hydrogens (tertiary/aromatic N) is 7. The molecule has 0 fully saturated rings. The number of carbonyl (C=O) groups excluding carboxylic acids is 1. The molecule has 13 heteroatoms. The summed E-state index contributed by atoms with van der Waals surface area (Å²) >= 11 is 6.14. The van der Waals surface area contributed by atoms with Gasteiger partial charge in [-0.3, -0.25) is 9.78 Å². The van der Waals surface area contributed by atoms with E-state index in [2.05, 4.69) is 30.6 Å². The number of hydrogen-bond donors (Lipinski definition) is 1. The minimum absolute atomic E-state index is 0.0761. The van der Waals surface area contributed by atoms with Crippen LogP contribution in [0.4, 0.5) is 18.9 Å². The average molecular weight is 449 g/mol. The van der Waals surface area contributed by atoms with Crippen molar-refractivity contribution in [1.82, 2.24) is 34.7 Å². The Bertz CT molecular complexity index is 1250. The standard InChI is InChI=1S/C18H12ClF3N8O/c1-10-4-12(8-23-6-10)29-15(18(20,21)22)13(9-27-29)17(31)28-11-5-14(19)16(24-7-11)30-25-2-3-26-30/h2-9H,1H3,(H,28,31). The van der Waals surface area contributed by atoms with Crippen molar-refractivity contribution >= 4 is 23.2 Å². The van der Waals surface area contributed by atoms with Gasteiger partial charge in [-0.15, -0.1) is 4.80 Å². The molecule has 0 unspecified atom stereocenters. The highest BCUT2D eigenvalue weighted by molar-refractivity contribution is 6.32. The van der Waals surface area contributed by atoms with E-state index in [0.29, 0.717) is 10.2 Å². The van der Waals surface area contributed by atoms with Gasteiger partial charge in [-0.2, -0.15) is 28.5 Å². The van der Waals surface area contributed by atoms with Crippen molar-refractivity contribution in [3.05, 3.63) is 71.2 Å². The summed E-state index contributed by atoms with van der Waals surface area (Å²) in [5, 5.41) is 14.0. The molecular weight excluding hydrogens is 437 g/mol. The summed E-state index contributed by atoms with van der Waals surface area (Å²) < 4.78 is 42.0. The summed E-state index contributed by atoms with van der Waals surface area (Å²) in [4.78, 5) is 21.7. The van der Waals surface area contributed by atoms with Crippen molar-refractivity contribution in [2.75, 3.05) is 5.32 Å². The lowest BCUT2D eigenvalue weighted by atomic mass is 10.2. The predicted octanol–water partition coefficient (Wildman–Crippen LogP) is 3.48. The first-order valence-corrected chi connectivity index (χ1v) is 9.02. The molecule has 4 aromatic rings. The van der Waals surface area contributed by atoms with Crippen LogP contribution in [0.25, 0.3) is 11.5 Å². The van der Waals surface area contributed by atoms with E-state index < -0.39 is 23.3 Å². The van der Waals surface area contributed by atoms with Crippen molar-refractivity contribution in [2.45, 2.75) is 13.1 Å². The lowest BCUT2D eigenvalue weighted by Crippen LogP contribution is -2.21. The minimum atomic E-state index is -4.85. The minimum Gasteiger partial charge on any atom is -0.320 e. The van der Waals surface area contributed by atoms with Crippen LogP contribution in [0, 0.1) is 6.92 Å². The lowest BCUT2D eigenvalue weighted by molar-refractivity contribution is -0.143. The Labute approximate surface area is 177 Å². The molecule has 0 aliphatic heterocycles. The molecule has 0 radical (unpaired) electrons. The maximum atomic E-state index is 13.8. The van der Waals surface area contributed by atoms with E-state index >= 15 is 0 Å². The highest BCUT2D eigenvalue weighted by atomic mass is 35.5. The molecule has 9 nitrogen and oxygen atoms in total. The fourth-order valence-electron chi connectivity index (χ4n) is 2.81. The van der Waals surface area contributed by atoms with E-state index in [4.69, 9.17) is 11.6 Å². The normalized spacial score (nSPS) is 11.5. The SMILES string of the molecule is Cc1cncc(-n2ncc(C(=O)Nc3cnc(-n4nccn4)c(Cl)c3)c2C(F)(F)F)c1. The third-order valence-electron chi connectivity index (χ3n) is 4.08. The molecule has 4 heterocycles. The highest BCUT2D eigenvalue weighted by Gasteiger charge is 2.40. The van der Waals surface area contributed by atoms with Gasteiger partial charge in [0.1, 0.15) is 0 Å². The van der Waals surface area contributed by atoms with E-state index in [1.165, 1.54) is 43.1 Å². The quantitative estimate of drug-likeness (QED) is 0.512. The third-order valence-corrected chi connectivity index (χ3v) is 4.35. The summed E-state index contributed by atoms with van der Waals surface area (Å²) in [7, 11) is 0. The van der Waals surface area contributed by atoms with Crippen LogP contribution < -0.4 is 5.32 Å². The summed E-state index contributed by atoms with van der Waals surface area (Å²) in [6.45, 7) is 1.68. The van der Waals surface area contributed by atoms with Gasteiger partial charge in [0.2, 0.25) is 0 Å². The van der Waals surface area contributed by atoms with Gasteiger partial charge in [0.15, 0.2) is 11.5 Å². The van der Waals surface area contributed by atoms with Gasteiger partial charge in [-0.25, -0.2) is 9.67 Å². The number of carbonyl (C=O) groups is 1. The second-order valence-corrected chi connectivity index (χ2v) is 6.75. The summed E-state index contributed by atoms with van der Waals surface area (Å²) in [5.74, 6) is -0.831. The van der Waals surface area contributed by atoms with Crippen LogP contribution in [-0.2, 0) is 6.18 Å². The number of pyridine rings is 2. The van der Waals surface area contributed by atoms with Gasteiger partial charge in [-0.1, -0.05) is 11.6 Å². The van der Waals surface area contributed by atoms with Gasteiger partial charge in [-0.05, 0) is 24.6 Å². The Kier molecular flexibility index (Phi) is 5.15. The number of alkyl halides is 3. The van der Waals surface area contributed by atoms with Crippen molar-refractivity contribution in [1.29, 1.82) is 0 Å². The lowest BCUT2D eigenvalue weighted by Gasteiger charge is -2.13. The molecule has 4 rings (SSSR count). The van der Waals surface area contributed by atoms with Crippen molar-refractivity contribution in [3.63, 3.8) is 0 Å². The monoisotopic (exact) mass is 448 g/mol. The second kappa shape index (κ2) is 7.80. The van der Waals surface area contributed by atoms with Crippen LogP contribution in [0.5, 0.6) is 0 Å². The van der Waals surface area contributed by atoms with Crippen LogP contribution in [0.2, 0.25) is 5.02 Å². The molecule has 0 aliphatic carbocycles. The second-order valence-electron chi connectivity index (χ2n) is 6.34. The van der Waals surface area contributed by atoms with Crippen molar-refractivity contribution in [3.8, 4) is 11.5 Å². The molecule has 0 aromatic carbocycles. The van der Waals surface area contributed by atoms with Crippen molar-refractivity contribution in [2.24, 2.45) is 0 Å². The number of halogens is 4. The zero-order valence-electron chi connectivity index (χ0n) is 15.7. The molecule has 31 heavy (non-hydrogen) atoms. The number of aromatic nitrogens is 7. The molecule has 1 amide bonds. The molecule has 0 aliphatic rings. The number of rotatable bonds is 4. The highest BCUT2D eigenvalue weighted by Crippen LogP contribution is 2.34. The Balaban J connectivity index is 1.67. The molecule has 0 bridgehead atoms. The zero-order chi connectivity index (χ0) is 22.2. The summed E-state index contributed by atoms with van der Waals surface area (Å²) in [5.41, 5.74) is -1.09. The fourth-order valence-corrected chi connectivity index (χ4v) is 3.05. The average Bonchev–Trinajstić information content (AvgIpc) is 3.38. The smallest absolute Gasteiger partial charge is 0.320 e. The fraction of sp³-hybridized carbons (Fsp3) is 0.111. The Morgan fingerprint density at radius 2 is 1.81 bits per heavy atom. The Hall–Kier alpha value is -3.80. The van der Waals surface area contributed by atoms with E-state index in [-0.39, 0.29) is 22.2 Å². The Morgan fingerprint density at radius 3 is 2.45 bits per heavy atom. The number of anilines is 1. The van der Waals surface area contributed by atoms with Crippen LogP contribution in [-0.4, -0.2) is 40.6 Å². The van der Waals surface area contributed by atoms with Crippen molar-refractivity contribution < 1.29 is 18.0 Å². The van der Waals surface area contributed by atoms with E-state index in [9.17, 15) is 18.0 Å². The molecule has 0 saturated carbocycles. The van der Waals surface area contributed by atoms with E-state index in [0.717, 1.165) is 11.0 Å². The number of amides is 1.